The Morgan fingerprint density at radius 3 is 2.06 bits per heavy atom. The van der Waals surface area contributed by atoms with Gasteiger partial charge in [-0.1, -0.05) is 80.1 Å². The number of hydrogen-bond donors (Lipinski definition) is 0. The van der Waals surface area contributed by atoms with E-state index in [1.54, 1.807) is 0 Å². The van der Waals surface area contributed by atoms with Gasteiger partial charge in [0, 0.05) is 5.56 Å². The predicted octanol–water partition coefficient (Wildman–Crippen LogP) is 4.68. The molecule has 0 aliphatic rings. The van der Waals surface area contributed by atoms with Crippen LogP contribution in [0.4, 0.5) is 0 Å². The molecule has 1 aromatic carbocycles. The largest absolute Gasteiger partial charge is 0.293 e. The zero-order valence-corrected chi connectivity index (χ0v) is 13.8. The molecule has 0 aliphatic carbocycles. The van der Waals surface area contributed by atoms with Crippen molar-refractivity contribution in [3.8, 4) is 0 Å². The fourth-order valence-corrected chi connectivity index (χ4v) is 5.36. The monoisotopic (exact) mass is 312 g/mol. The summed E-state index contributed by atoms with van der Waals surface area (Å²) in [7, 11) is -1.69. The highest BCUT2D eigenvalue weighted by Gasteiger charge is 2.44. The van der Waals surface area contributed by atoms with Crippen LogP contribution in [0.25, 0.3) is 0 Å². The van der Waals surface area contributed by atoms with Gasteiger partial charge in [0.15, 0.2) is 5.78 Å². The zero-order valence-electron chi connectivity index (χ0n) is 11.3. The van der Waals surface area contributed by atoms with Gasteiger partial charge in [0.1, 0.15) is 0 Å². The van der Waals surface area contributed by atoms with E-state index in [1.165, 1.54) is 0 Å². The minimum Gasteiger partial charge on any atom is -0.293 e. The van der Waals surface area contributed by atoms with Crippen molar-refractivity contribution < 1.29 is 4.79 Å². The van der Waals surface area contributed by atoms with Crippen molar-refractivity contribution in [2.24, 2.45) is 0 Å². The van der Waals surface area contributed by atoms with Gasteiger partial charge in [0.2, 0.25) is 0 Å². The number of benzene rings is 1. The van der Waals surface area contributed by atoms with E-state index in [-0.39, 0.29) is 15.3 Å². The maximum Gasteiger partial charge on any atom is 0.173 e. The van der Waals surface area contributed by atoms with Gasteiger partial charge in [-0.3, -0.25) is 4.79 Å². The van der Waals surface area contributed by atoms with Gasteiger partial charge in [-0.25, -0.2) is 0 Å². The molecule has 0 bridgehead atoms. The van der Waals surface area contributed by atoms with E-state index in [2.05, 4.69) is 49.8 Å². The van der Waals surface area contributed by atoms with E-state index >= 15 is 0 Å². The van der Waals surface area contributed by atoms with Crippen molar-refractivity contribution in [2.45, 2.75) is 43.4 Å². The molecule has 0 spiro atoms. The molecule has 0 saturated heterocycles. The van der Waals surface area contributed by atoms with Gasteiger partial charge >= 0.3 is 0 Å². The molecule has 1 nitrogen and oxygen atoms in total. The minimum absolute atomic E-state index is 0.0302. The molecule has 1 atom stereocenters. The number of carbonyl (C=O) groups is 1. The highest BCUT2D eigenvalue weighted by molar-refractivity contribution is 9.10. The Kier molecular flexibility index (Phi) is 4.36. The number of alkyl halides is 1. The number of hydrogen-bond acceptors (Lipinski definition) is 1. The number of Topliss-reactive ketones (excluding diaryl/α,β-unsaturated/α-hetero) is 1. The topological polar surface area (TPSA) is 17.1 Å². The third kappa shape index (κ3) is 3.08. The molecule has 1 aromatic rings. The van der Waals surface area contributed by atoms with Crippen LogP contribution in [0.1, 0.15) is 31.1 Å². The zero-order chi connectivity index (χ0) is 13.3. The quantitative estimate of drug-likeness (QED) is 0.450. The SMILES string of the molecule is CC(C)(C)[Si](C)(C)C(Br)C(=O)c1ccccc1. The Balaban J connectivity index is 2.99. The lowest BCUT2D eigenvalue weighted by Gasteiger charge is -2.40. The van der Waals surface area contributed by atoms with Gasteiger partial charge in [0.25, 0.3) is 0 Å². The lowest BCUT2D eigenvalue weighted by molar-refractivity contribution is 0.101. The molecule has 1 rings (SSSR count). The summed E-state index contributed by atoms with van der Waals surface area (Å²) in [5.41, 5.74) is 0.805. The van der Waals surface area contributed by atoms with Crippen molar-refractivity contribution in [2.75, 3.05) is 0 Å². The Bertz CT molecular complexity index is 392. The summed E-state index contributed by atoms with van der Waals surface area (Å²) in [5, 5.41) is 0.200. The number of halogens is 1. The molecular formula is C14H21BrOSi. The van der Waals surface area contributed by atoms with E-state index < -0.39 is 8.07 Å². The average molecular weight is 313 g/mol. The van der Waals surface area contributed by atoms with Crippen LogP contribution in [0.2, 0.25) is 18.1 Å². The molecule has 0 aliphatic heterocycles. The van der Waals surface area contributed by atoms with Gasteiger partial charge in [-0.15, -0.1) is 0 Å². The van der Waals surface area contributed by atoms with Crippen LogP contribution in [-0.4, -0.2) is 18.3 Å². The molecule has 0 radical (unpaired) electrons. The van der Waals surface area contributed by atoms with Crippen LogP contribution in [0.5, 0.6) is 0 Å². The van der Waals surface area contributed by atoms with Crippen LogP contribution in [0.3, 0.4) is 0 Å². The van der Waals surface area contributed by atoms with E-state index in [0.717, 1.165) is 5.56 Å². The van der Waals surface area contributed by atoms with Crippen LogP contribution in [0.15, 0.2) is 30.3 Å². The number of carbonyl (C=O) groups excluding carboxylic acids is 1. The standard InChI is InChI=1S/C14H21BrOSi/c1-14(2,3)17(4,5)13(15)12(16)11-9-7-6-8-10-11/h6-10,13H,1-5H3. The van der Waals surface area contributed by atoms with Crippen molar-refractivity contribution in [3.63, 3.8) is 0 Å². The van der Waals surface area contributed by atoms with Crippen molar-refractivity contribution in [3.05, 3.63) is 35.9 Å². The van der Waals surface area contributed by atoms with Gasteiger partial charge in [-0.05, 0) is 5.04 Å². The van der Waals surface area contributed by atoms with E-state index in [1.807, 2.05) is 30.3 Å². The summed E-state index contributed by atoms with van der Waals surface area (Å²) < 4.78 is -0.0302. The first-order valence-electron chi connectivity index (χ1n) is 5.91. The Labute approximate surface area is 114 Å². The second-order valence-corrected chi connectivity index (χ2v) is 13.3. The lowest BCUT2D eigenvalue weighted by atomic mass is 10.1. The molecule has 0 amide bonds. The third-order valence-corrected chi connectivity index (χ3v) is 13.1. The fraction of sp³-hybridized carbons (Fsp3) is 0.500. The second kappa shape index (κ2) is 5.07. The molecular weight excluding hydrogens is 292 g/mol. The van der Waals surface area contributed by atoms with Gasteiger partial charge < -0.3 is 0 Å². The van der Waals surface area contributed by atoms with Crippen LogP contribution >= 0.6 is 15.9 Å². The molecule has 0 fully saturated rings. The first kappa shape index (κ1) is 14.6. The summed E-state index contributed by atoms with van der Waals surface area (Å²) in [6.45, 7) is 11.2. The average Bonchev–Trinajstić information content (AvgIpc) is 2.26. The highest BCUT2D eigenvalue weighted by Crippen LogP contribution is 2.41. The first-order chi connectivity index (χ1) is 7.68. The van der Waals surface area contributed by atoms with E-state index in [9.17, 15) is 4.79 Å². The number of ketones is 1. The maximum absolute atomic E-state index is 12.4. The predicted molar refractivity (Wildman–Crippen MR) is 80.7 cm³/mol. The van der Waals surface area contributed by atoms with E-state index in [4.69, 9.17) is 0 Å². The smallest absolute Gasteiger partial charge is 0.173 e. The normalized spacial score (nSPS) is 14.5. The summed E-state index contributed by atoms with van der Waals surface area (Å²) in [5.74, 6) is 0.220. The van der Waals surface area contributed by atoms with Crippen LogP contribution in [-0.2, 0) is 0 Å². The van der Waals surface area contributed by atoms with Crippen molar-refractivity contribution in [1.29, 1.82) is 0 Å². The summed E-state index contributed by atoms with van der Waals surface area (Å²) >= 11 is 3.65. The molecule has 94 valence electrons. The molecule has 3 heteroatoms. The summed E-state index contributed by atoms with van der Waals surface area (Å²) in [4.78, 5) is 12.4. The van der Waals surface area contributed by atoms with Crippen molar-refractivity contribution >= 4 is 29.8 Å². The Morgan fingerprint density at radius 1 is 1.18 bits per heavy atom. The summed E-state index contributed by atoms with van der Waals surface area (Å²) in [6, 6.07) is 9.55. The Hall–Kier alpha value is -0.413. The molecule has 1 unspecified atom stereocenters. The van der Waals surface area contributed by atoms with Crippen LogP contribution < -0.4 is 0 Å². The molecule has 0 N–H and O–H groups in total. The minimum atomic E-state index is -1.69. The maximum atomic E-state index is 12.4. The molecule has 0 heterocycles. The highest BCUT2D eigenvalue weighted by atomic mass is 79.9. The molecule has 17 heavy (non-hydrogen) atoms. The molecule has 0 saturated carbocycles. The van der Waals surface area contributed by atoms with Crippen molar-refractivity contribution in [1.82, 2.24) is 0 Å². The summed E-state index contributed by atoms with van der Waals surface area (Å²) in [6.07, 6.45) is 0. The first-order valence-corrected chi connectivity index (χ1v) is 9.90. The fourth-order valence-electron chi connectivity index (χ4n) is 1.46. The second-order valence-electron chi connectivity index (χ2n) is 6.06. The number of rotatable bonds is 3. The van der Waals surface area contributed by atoms with E-state index in [0.29, 0.717) is 0 Å². The lowest BCUT2D eigenvalue weighted by Crippen LogP contribution is -2.50. The van der Waals surface area contributed by atoms with Crippen LogP contribution in [0, 0.1) is 0 Å². The molecule has 0 aromatic heterocycles. The third-order valence-electron chi connectivity index (χ3n) is 3.86. The van der Waals surface area contributed by atoms with Gasteiger partial charge in [-0.2, -0.15) is 0 Å². The van der Waals surface area contributed by atoms with Gasteiger partial charge in [0.05, 0.1) is 12.5 Å². The Morgan fingerprint density at radius 2 is 1.65 bits per heavy atom.